The molecule has 0 bridgehead atoms. The second-order valence-corrected chi connectivity index (χ2v) is 6.44. The molecule has 3 aromatic rings. The fourth-order valence-corrected chi connectivity index (χ4v) is 3.17. The van der Waals surface area contributed by atoms with Gasteiger partial charge in [0.2, 0.25) is 0 Å². The Bertz CT molecular complexity index is 947. The lowest BCUT2D eigenvalue weighted by molar-refractivity contribution is 0.367. The van der Waals surface area contributed by atoms with E-state index in [4.69, 9.17) is 16.3 Å². The number of benzene rings is 1. The summed E-state index contributed by atoms with van der Waals surface area (Å²) < 4.78 is 7.85. The zero-order chi connectivity index (χ0) is 16.4. The van der Waals surface area contributed by atoms with E-state index in [0.717, 1.165) is 14.1 Å². The van der Waals surface area contributed by atoms with Gasteiger partial charge in [0.25, 0.3) is 5.88 Å². The number of hydrogen-bond acceptors (Lipinski definition) is 5. The summed E-state index contributed by atoms with van der Waals surface area (Å²) in [5.41, 5.74) is -0.561. The molecule has 0 aliphatic rings. The van der Waals surface area contributed by atoms with Crippen LogP contribution in [-0.4, -0.2) is 21.5 Å². The number of aromatic nitrogens is 3. The van der Waals surface area contributed by atoms with Crippen molar-refractivity contribution in [3.63, 3.8) is 0 Å². The lowest BCUT2D eigenvalue weighted by atomic mass is 10.3. The smallest absolute Gasteiger partial charge is 0.352 e. The first kappa shape index (κ1) is 15.5. The van der Waals surface area contributed by atoms with Crippen LogP contribution in [0.1, 0.15) is 4.88 Å². The van der Waals surface area contributed by atoms with Crippen molar-refractivity contribution in [3.8, 4) is 11.6 Å². The minimum absolute atomic E-state index is 0.112. The Morgan fingerprint density at radius 1 is 1.17 bits per heavy atom. The van der Waals surface area contributed by atoms with Gasteiger partial charge in [0.1, 0.15) is 0 Å². The van der Waals surface area contributed by atoms with Gasteiger partial charge in [-0.05, 0) is 24.3 Å². The van der Waals surface area contributed by atoms with Gasteiger partial charge in [0.05, 0.1) is 23.7 Å². The SMILES string of the molecule is COc1nn(-c2ccccc2)c(=O)n(Cc2ccc(Cl)s2)c1=O. The van der Waals surface area contributed by atoms with E-state index in [1.807, 2.05) is 6.07 Å². The highest BCUT2D eigenvalue weighted by Crippen LogP contribution is 2.21. The molecule has 2 aromatic heterocycles. The van der Waals surface area contributed by atoms with Gasteiger partial charge in [-0.1, -0.05) is 29.8 Å². The molecule has 0 saturated carbocycles. The molecule has 0 spiro atoms. The first-order chi connectivity index (χ1) is 11.1. The van der Waals surface area contributed by atoms with Crippen LogP contribution in [0.3, 0.4) is 0 Å². The first-order valence-electron chi connectivity index (χ1n) is 6.68. The molecule has 8 heteroatoms. The fraction of sp³-hybridized carbons (Fsp3) is 0.133. The average molecular weight is 350 g/mol. The summed E-state index contributed by atoms with van der Waals surface area (Å²) >= 11 is 7.21. The largest absolute Gasteiger partial charge is 0.476 e. The monoisotopic (exact) mass is 349 g/mol. The maximum Gasteiger partial charge on any atom is 0.352 e. The minimum atomic E-state index is -0.575. The molecular formula is C15H12ClN3O3S. The lowest BCUT2D eigenvalue weighted by Crippen LogP contribution is -2.41. The molecule has 0 aliphatic heterocycles. The molecule has 6 nitrogen and oxygen atoms in total. The zero-order valence-electron chi connectivity index (χ0n) is 12.1. The van der Waals surface area contributed by atoms with Gasteiger partial charge in [-0.2, -0.15) is 4.68 Å². The molecule has 0 unspecified atom stereocenters. The molecular weight excluding hydrogens is 338 g/mol. The number of rotatable bonds is 4. The maximum absolute atomic E-state index is 12.6. The number of nitrogens with zero attached hydrogens (tertiary/aromatic N) is 3. The van der Waals surface area contributed by atoms with E-state index >= 15 is 0 Å². The van der Waals surface area contributed by atoms with Crippen LogP contribution in [0, 0.1) is 0 Å². The molecule has 0 radical (unpaired) electrons. The summed E-state index contributed by atoms with van der Waals surface area (Å²) in [7, 11) is 1.34. The second kappa shape index (κ2) is 6.39. The number of thiophene rings is 1. The average Bonchev–Trinajstić information content (AvgIpc) is 2.98. The highest BCUT2D eigenvalue weighted by Gasteiger charge is 2.15. The van der Waals surface area contributed by atoms with Crippen LogP contribution >= 0.6 is 22.9 Å². The number of para-hydroxylation sites is 1. The molecule has 3 rings (SSSR count). The number of ether oxygens (including phenoxy) is 1. The van der Waals surface area contributed by atoms with Crippen molar-refractivity contribution in [1.82, 2.24) is 14.3 Å². The molecule has 1 aromatic carbocycles. The van der Waals surface area contributed by atoms with Crippen molar-refractivity contribution in [2.24, 2.45) is 0 Å². The van der Waals surface area contributed by atoms with Gasteiger partial charge >= 0.3 is 11.2 Å². The van der Waals surface area contributed by atoms with Crippen molar-refractivity contribution in [3.05, 3.63) is 72.5 Å². The lowest BCUT2D eigenvalue weighted by Gasteiger charge is -2.10. The summed E-state index contributed by atoms with van der Waals surface area (Å²) in [6.45, 7) is 0.112. The van der Waals surface area contributed by atoms with Crippen LogP contribution in [0.25, 0.3) is 5.69 Å². The third-order valence-corrected chi connectivity index (χ3v) is 4.38. The van der Waals surface area contributed by atoms with Crippen LogP contribution in [-0.2, 0) is 6.54 Å². The Morgan fingerprint density at radius 3 is 2.52 bits per heavy atom. The Kier molecular flexibility index (Phi) is 4.31. The van der Waals surface area contributed by atoms with Crippen molar-refractivity contribution >= 4 is 22.9 Å². The van der Waals surface area contributed by atoms with Crippen molar-refractivity contribution < 1.29 is 4.74 Å². The van der Waals surface area contributed by atoms with E-state index in [-0.39, 0.29) is 12.4 Å². The quantitative estimate of drug-likeness (QED) is 0.724. The summed E-state index contributed by atoms with van der Waals surface area (Å²) in [6.07, 6.45) is 0. The van der Waals surface area contributed by atoms with Crippen LogP contribution in [0.5, 0.6) is 5.88 Å². The Hall–Kier alpha value is -2.38. The van der Waals surface area contributed by atoms with E-state index in [9.17, 15) is 9.59 Å². The van der Waals surface area contributed by atoms with Crippen LogP contribution < -0.4 is 16.0 Å². The maximum atomic E-state index is 12.6. The first-order valence-corrected chi connectivity index (χ1v) is 7.87. The van der Waals surface area contributed by atoms with Gasteiger partial charge in [-0.3, -0.25) is 4.79 Å². The summed E-state index contributed by atoms with van der Waals surface area (Å²) in [5, 5.41) is 3.99. The highest BCUT2D eigenvalue weighted by atomic mass is 35.5. The molecule has 0 amide bonds. The van der Waals surface area contributed by atoms with Crippen molar-refractivity contribution in [2.75, 3.05) is 7.11 Å². The Balaban J connectivity index is 2.18. The van der Waals surface area contributed by atoms with Gasteiger partial charge in [-0.15, -0.1) is 16.4 Å². The summed E-state index contributed by atoms with van der Waals surface area (Å²) in [5.74, 6) is -0.142. The second-order valence-electron chi connectivity index (χ2n) is 4.64. The number of methoxy groups -OCH3 is 1. The fourth-order valence-electron chi connectivity index (χ4n) is 2.09. The van der Waals surface area contributed by atoms with E-state index in [1.54, 1.807) is 36.4 Å². The van der Waals surface area contributed by atoms with Gasteiger partial charge < -0.3 is 4.74 Å². The van der Waals surface area contributed by atoms with Gasteiger partial charge in [0.15, 0.2) is 0 Å². The summed E-state index contributed by atoms with van der Waals surface area (Å²) in [6, 6.07) is 12.3. The number of halogens is 1. The minimum Gasteiger partial charge on any atom is -0.476 e. The molecule has 0 atom stereocenters. The van der Waals surface area contributed by atoms with Gasteiger partial charge in [0, 0.05) is 4.88 Å². The van der Waals surface area contributed by atoms with E-state index in [0.29, 0.717) is 10.0 Å². The molecule has 2 heterocycles. The Labute approximate surface area is 140 Å². The standard InChI is InChI=1S/C15H12ClN3O3S/c1-22-13-14(20)18(9-11-7-8-12(16)23-11)15(21)19(17-13)10-5-3-2-4-6-10/h2-8H,9H2,1H3. The topological polar surface area (TPSA) is 66.1 Å². The van der Waals surface area contributed by atoms with Crippen LogP contribution in [0.4, 0.5) is 0 Å². The molecule has 118 valence electrons. The predicted molar refractivity (Wildman–Crippen MR) is 89.1 cm³/mol. The van der Waals surface area contributed by atoms with Crippen LogP contribution in [0.2, 0.25) is 4.34 Å². The summed E-state index contributed by atoms with van der Waals surface area (Å²) in [4.78, 5) is 25.8. The number of hydrogen-bond donors (Lipinski definition) is 0. The van der Waals surface area contributed by atoms with E-state index in [1.165, 1.54) is 18.4 Å². The normalized spacial score (nSPS) is 10.7. The Morgan fingerprint density at radius 2 is 1.91 bits per heavy atom. The highest BCUT2D eigenvalue weighted by molar-refractivity contribution is 7.16. The molecule has 23 heavy (non-hydrogen) atoms. The van der Waals surface area contributed by atoms with E-state index in [2.05, 4.69) is 5.10 Å². The third kappa shape index (κ3) is 3.06. The van der Waals surface area contributed by atoms with E-state index < -0.39 is 11.2 Å². The molecule has 0 N–H and O–H groups in total. The molecule has 0 fully saturated rings. The third-order valence-electron chi connectivity index (χ3n) is 3.17. The zero-order valence-corrected chi connectivity index (χ0v) is 13.7. The van der Waals surface area contributed by atoms with Crippen molar-refractivity contribution in [1.29, 1.82) is 0 Å². The van der Waals surface area contributed by atoms with Gasteiger partial charge in [-0.25, -0.2) is 9.36 Å². The molecule has 0 aliphatic carbocycles. The van der Waals surface area contributed by atoms with Crippen molar-refractivity contribution in [2.45, 2.75) is 6.54 Å². The van der Waals surface area contributed by atoms with Crippen LogP contribution in [0.15, 0.2) is 52.1 Å². The predicted octanol–water partition coefficient (Wildman–Crippen LogP) is 2.17. The molecule has 0 saturated heterocycles.